The fourth-order valence-corrected chi connectivity index (χ4v) is 4.41. The zero-order valence-electron chi connectivity index (χ0n) is 15.2. The van der Waals surface area contributed by atoms with Crippen LogP contribution in [0.2, 0.25) is 0 Å². The lowest BCUT2D eigenvalue weighted by Gasteiger charge is -2.16. The molecule has 7 nitrogen and oxygen atoms in total. The van der Waals surface area contributed by atoms with E-state index >= 15 is 0 Å². The number of fused-ring (bicyclic) bond motifs is 1. The van der Waals surface area contributed by atoms with Crippen molar-refractivity contribution in [2.45, 2.75) is 30.7 Å². The Morgan fingerprint density at radius 2 is 2.07 bits per heavy atom. The van der Waals surface area contributed by atoms with E-state index in [1.54, 1.807) is 6.92 Å². The summed E-state index contributed by atoms with van der Waals surface area (Å²) in [7, 11) is -2.42. The normalized spacial score (nSPS) is 14.3. The van der Waals surface area contributed by atoms with E-state index in [1.807, 2.05) is 18.2 Å². The average molecular weight is 390 g/mol. The van der Waals surface area contributed by atoms with Crippen molar-refractivity contribution in [3.8, 4) is 11.5 Å². The molecule has 0 bridgehead atoms. The summed E-state index contributed by atoms with van der Waals surface area (Å²) in [5.41, 5.74) is 7.50. The quantitative estimate of drug-likeness (QED) is 0.747. The number of hydrogen-bond acceptors (Lipinski definition) is 5. The van der Waals surface area contributed by atoms with E-state index in [-0.39, 0.29) is 22.3 Å². The van der Waals surface area contributed by atoms with Crippen LogP contribution in [0.25, 0.3) is 0 Å². The lowest BCUT2D eigenvalue weighted by atomic mass is 10.0. The highest BCUT2D eigenvalue weighted by molar-refractivity contribution is 7.89. The van der Waals surface area contributed by atoms with Crippen LogP contribution >= 0.6 is 0 Å². The molecule has 27 heavy (non-hydrogen) atoms. The molecule has 0 radical (unpaired) electrons. The minimum Gasteiger partial charge on any atom is -0.496 e. The van der Waals surface area contributed by atoms with Crippen molar-refractivity contribution in [3.63, 3.8) is 0 Å². The molecule has 2 aromatic carbocycles. The Balaban J connectivity index is 1.75. The molecule has 0 saturated carbocycles. The van der Waals surface area contributed by atoms with Crippen LogP contribution in [0.5, 0.6) is 11.5 Å². The van der Waals surface area contributed by atoms with E-state index in [4.69, 9.17) is 15.2 Å². The number of methoxy groups -OCH3 is 1. The topological polar surface area (TPSA) is 108 Å². The number of carbonyl (C=O) groups is 1. The molecule has 3 rings (SSSR count). The zero-order valence-corrected chi connectivity index (χ0v) is 16.0. The lowest BCUT2D eigenvalue weighted by Crippen LogP contribution is -2.34. The standard InChI is InChI=1S/C19H22N2O5S/c1-12(9-13-3-5-17-14(10-13)7-8-26-17)21-27(23,24)15-4-6-18(25-2)16(11-15)19(20)22/h3-6,10-12,21H,7-9H2,1-2H3,(H2,20,22)/t12-/m0/s1. The number of primary amides is 1. The van der Waals surface area contributed by atoms with E-state index in [2.05, 4.69) is 4.72 Å². The van der Waals surface area contributed by atoms with Crippen LogP contribution in [-0.2, 0) is 22.9 Å². The molecule has 3 N–H and O–H groups in total. The molecule has 144 valence electrons. The zero-order chi connectivity index (χ0) is 19.6. The SMILES string of the molecule is COc1ccc(S(=O)(=O)N[C@@H](C)Cc2ccc3c(c2)CCO3)cc1C(N)=O. The molecule has 8 heteroatoms. The molecule has 0 aromatic heterocycles. The fraction of sp³-hybridized carbons (Fsp3) is 0.316. The number of carbonyl (C=O) groups excluding carboxylic acids is 1. The van der Waals surface area contributed by atoms with Gasteiger partial charge < -0.3 is 15.2 Å². The van der Waals surface area contributed by atoms with Crippen LogP contribution in [0.1, 0.15) is 28.4 Å². The minimum atomic E-state index is -3.81. The predicted octanol–water partition coefficient (Wildman–Crippen LogP) is 1.64. The number of hydrogen-bond donors (Lipinski definition) is 2. The maximum absolute atomic E-state index is 12.7. The van der Waals surface area contributed by atoms with E-state index in [9.17, 15) is 13.2 Å². The van der Waals surface area contributed by atoms with E-state index < -0.39 is 15.9 Å². The molecule has 1 aliphatic rings. The van der Waals surface area contributed by atoms with Crippen molar-refractivity contribution in [1.29, 1.82) is 0 Å². The highest BCUT2D eigenvalue weighted by atomic mass is 32.2. The summed E-state index contributed by atoms with van der Waals surface area (Å²) in [5.74, 6) is 0.372. The predicted molar refractivity (Wildman–Crippen MR) is 101 cm³/mol. The maximum atomic E-state index is 12.7. The highest BCUT2D eigenvalue weighted by Gasteiger charge is 2.21. The maximum Gasteiger partial charge on any atom is 0.252 e. The second-order valence-electron chi connectivity index (χ2n) is 6.49. The summed E-state index contributed by atoms with van der Waals surface area (Å²) in [4.78, 5) is 11.5. The van der Waals surface area contributed by atoms with Gasteiger partial charge in [0.15, 0.2) is 0 Å². The monoisotopic (exact) mass is 390 g/mol. The fourth-order valence-electron chi connectivity index (χ4n) is 3.14. The third-order valence-corrected chi connectivity index (χ3v) is 5.99. The van der Waals surface area contributed by atoms with Gasteiger partial charge >= 0.3 is 0 Å². The van der Waals surface area contributed by atoms with E-state index in [0.29, 0.717) is 13.0 Å². The Bertz CT molecular complexity index is 972. The smallest absolute Gasteiger partial charge is 0.252 e. The Kier molecular flexibility index (Phi) is 5.38. The van der Waals surface area contributed by atoms with Crippen LogP contribution in [0.4, 0.5) is 0 Å². The van der Waals surface area contributed by atoms with Crippen molar-refractivity contribution in [2.75, 3.05) is 13.7 Å². The summed E-state index contributed by atoms with van der Waals surface area (Å²) in [6.07, 6.45) is 1.40. The van der Waals surface area contributed by atoms with Gasteiger partial charge in [-0.15, -0.1) is 0 Å². The summed E-state index contributed by atoms with van der Waals surface area (Å²) >= 11 is 0. The number of benzene rings is 2. The molecular weight excluding hydrogens is 368 g/mol. The molecule has 0 unspecified atom stereocenters. The van der Waals surface area contributed by atoms with Gasteiger partial charge in [0.2, 0.25) is 10.0 Å². The Morgan fingerprint density at radius 3 is 2.78 bits per heavy atom. The van der Waals surface area contributed by atoms with Crippen molar-refractivity contribution in [1.82, 2.24) is 4.72 Å². The molecule has 0 fully saturated rings. The molecule has 1 atom stereocenters. The largest absolute Gasteiger partial charge is 0.496 e. The Morgan fingerprint density at radius 1 is 1.30 bits per heavy atom. The third kappa shape index (κ3) is 4.23. The first-order valence-corrected chi connectivity index (χ1v) is 10.0. The first-order valence-electron chi connectivity index (χ1n) is 8.55. The first-order chi connectivity index (χ1) is 12.8. The summed E-state index contributed by atoms with van der Waals surface area (Å²) in [5, 5.41) is 0. The number of ether oxygens (including phenoxy) is 2. The van der Waals surface area contributed by atoms with Crippen molar-refractivity contribution >= 4 is 15.9 Å². The second kappa shape index (κ2) is 7.58. The molecular formula is C19H22N2O5S. The summed E-state index contributed by atoms with van der Waals surface area (Å²) in [6, 6.07) is 9.59. The Labute approximate surface area is 158 Å². The van der Waals surface area contributed by atoms with Gasteiger partial charge in [0, 0.05) is 12.5 Å². The van der Waals surface area contributed by atoms with Crippen molar-refractivity contribution in [2.24, 2.45) is 5.73 Å². The van der Waals surface area contributed by atoms with Gasteiger partial charge in [-0.05, 0) is 48.7 Å². The molecule has 0 saturated heterocycles. The van der Waals surface area contributed by atoms with E-state index in [0.717, 1.165) is 23.3 Å². The van der Waals surface area contributed by atoms with Gasteiger partial charge in [-0.3, -0.25) is 4.79 Å². The molecule has 0 spiro atoms. The van der Waals surface area contributed by atoms with Crippen LogP contribution in [-0.4, -0.2) is 34.1 Å². The summed E-state index contributed by atoms with van der Waals surface area (Å²) < 4.78 is 38.5. The highest BCUT2D eigenvalue weighted by Crippen LogP contribution is 2.26. The average Bonchev–Trinajstić information content (AvgIpc) is 3.08. The second-order valence-corrected chi connectivity index (χ2v) is 8.21. The lowest BCUT2D eigenvalue weighted by molar-refractivity contribution is 0.0997. The van der Waals surface area contributed by atoms with Crippen molar-refractivity contribution < 1.29 is 22.7 Å². The number of rotatable bonds is 7. The number of nitrogens with two attached hydrogens (primary N) is 1. The van der Waals surface area contributed by atoms with E-state index in [1.165, 1.54) is 25.3 Å². The van der Waals surface area contributed by atoms with Crippen LogP contribution < -0.4 is 19.9 Å². The number of amides is 1. The molecule has 1 amide bonds. The number of nitrogens with one attached hydrogen (secondary N) is 1. The minimum absolute atomic E-state index is 0.0200. The van der Waals surface area contributed by atoms with Crippen molar-refractivity contribution in [3.05, 3.63) is 53.1 Å². The number of sulfonamides is 1. The van der Waals surface area contributed by atoms with Crippen LogP contribution in [0.3, 0.4) is 0 Å². The van der Waals surface area contributed by atoms with Gasteiger partial charge in [-0.2, -0.15) is 0 Å². The van der Waals surface area contributed by atoms with Gasteiger partial charge in [0.1, 0.15) is 11.5 Å². The van der Waals surface area contributed by atoms with Crippen LogP contribution in [0.15, 0.2) is 41.3 Å². The Hall–Kier alpha value is -2.58. The first kappa shape index (κ1) is 19.2. The third-order valence-electron chi connectivity index (χ3n) is 4.40. The van der Waals surface area contributed by atoms with Crippen LogP contribution in [0, 0.1) is 0 Å². The van der Waals surface area contributed by atoms with Gasteiger partial charge in [0.05, 0.1) is 24.2 Å². The molecule has 1 heterocycles. The molecule has 1 aliphatic heterocycles. The molecule has 0 aliphatic carbocycles. The molecule has 2 aromatic rings. The van der Waals surface area contributed by atoms with Gasteiger partial charge in [0.25, 0.3) is 5.91 Å². The van der Waals surface area contributed by atoms with Gasteiger partial charge in [-0.25, -0.2) is 13.1 Å². The summed E-state index contributed by atoms with van der Waals surface area (Å²) in [6.45, 7) is 2.47. The van der Waals surface area contributed by atoms with Gasteiger partial charge in [-0.1, -0.05) is 12.1 Å².